The molecule has 0 radical (unpaired) electrons. The van der Waals surface area contributed by atoms with E-state index in [2.05, 4.69) is 15.6 Å². The number of benzene rings is 1. The van der Waals surface area contributed by atoms with Crippen LogP contribution >= 0.6 is 11.3 Å². The van der Waals surface area contributed by atoms with E-state index in [9.17, 15) is 19.2 Å². The summed E-state index contributed by atoms with van der Waals surface area (Å²) in [7, 11) is 0. The molecule has 0 saturated carbocycles. The third kappa shape index (κ3) is 7.06. The molecule has 1 aromatic heterocycles. The van der Waals surface area contributed by atoms with E-state index >= 15 is 0 Å². The first kappa shape index (κ1) is 28.6. The third-order valence-electron chi connectivity index (χ3n) is 6.20. The summed E-state index contributed by atoms with van der Waals surface area (Å²) >= 11 is 1.30. The monoisotopic (exact) mass is 530 g/mol. The number of amides is 3. The summed E-state index contributed by atoms with van der Waals surface area (Å²) in [4.78, 5) is 58.6. The first-order valence-electron chi connectivity index (χ1n) is 12.8. The van der Waals surface area contributed by atoms with Crippen molar-refractivity contribution in [1.82, 2.24) is 20.5 Å². The number of likely N-dealkylation sites (tertiary alicyclic amines) is 1. The molecular weight excluding hydrogens is 492 g/mol. The summed E-state index contributed by atoms with van der Waals surface area (Å²) in [5, 5.41) is 5.92. The summed E-state index contributed by atoms with van der Waals surface area (Å²) < 4.78 is 6.24. The highest BCUT2D eigenvalue weighted by Gasteiger charge is 2.40. The number of nitrogens with one attached hydrogen (secondary N) is 2. The maximum absolute atomic E-state index is 13.5. The van der Waals surface area contributed by atoms with Crippen molar-refractivity contribution in [2.45, 2.75) is 85.0 Å². The molecule has 2 heterocycles. The maximum atomic E-state index is 13.5. The van der Waals surface area contributed by atoms with Crippen LogP contribution in [0.5, 0.6) is 0 Å². The highest BCUT2D eigenvalue weighted by Crippen LogP contribution is 2.25. The second-order valence-electron chi connectivity index (χ2n) is 11.1. The lowest BCUT2D eigenvalue weighted by Gasteiger charge is -2.32. The molecule has 10 heteroatoms. The Bertz CT molecular complexity index is 1120. The van der Waals surface area contributed by atoms with Gasteiger partial charge in [-0.15, -0.1) is 11.3 Å². The minimum atomic E-state index is -0.839. The van der Waals surface area contributed by atoms with Crippen LogP contribution in [0.1, 0.15) is 71.1 Å². The number of carbonyl (C=O) groups is 4. The van der Waals surface area contributed by atoms with Gasteiger partial charge in [0, 0.05) is 6.54 Å². The molecule has 3 rings (SSSR count). The number of ether oxygens (including phenoxy) is 1. The number of rotatable bonds is 8. The Morgan fingerprint density at radius 2 is 1.68 bits per heavy atom. The van der Waals surface area contributed by atoms with E-state index in [-0.39, 0.29) is 29.4 Å². The van der Waals surface area contributed by atoms with Gasteiger partial charge < -0.3 is 20.3 Å². The first-order valence-corrected chi connectivity index (χ1v) is 13.6. The summed E-state index contributed by atoms with van der Waals surface area (Å²) in [5.74, 6) is -1.34. The maximum Gasteiger partial charge on any atom is 0.408 e. The van der Waals surface area contributed by atoms with Gasteiger partial charge in [0.1, 0.15) is 17.7 Å². The Morgan fingerprint density at radius 1 is 1.03 bits per heavy atom. The van der Waals surface area contributed by atoms with Crippen molar-refractivity contribution in [1.29, 1.82) is 0 Å². The van der Waals surface area contributed by atoms with Gasteiger partial charge in [0.2, 0.25) is 17.6 Å². The van der Waals surface area contributed by atoms with Gasteiger partial charge in [-0.05, 0) is 57.6 Å². The molecule has 2 aromatic rings. The normalized spacial score (nSPS) is 17.6. The van der Waals surface area contributed by atoms with Gasteiger partial charge in [-0.25, -0.2) is 9.78 Å². The second-order valence-corrected chi connectivity index (χ2v) is 12.2. The van der Waals surface area contributed by atoms with Gasteiger partial charge in [-0.1, -0.05) is 39.8 Å². The number of aromatic nitrogens is 1. The zero-order valence-electron chi connectivity index (χ0n) is 22.7. The van der Waals surface area contributed by atoms with Crippen LogP contribution in [0.4, 0.5) is 4.79 Å². The molecule has 2 N–H and O–H groups in total. The number of Topliss-reactive ketones (excluding diaryl/α,β-unsaturated/α-hetero) is 1. The van der Waals surface area contributed by atoms with Crippen LogP contribution in [0.25, 0.3) is 10.2 Å². The number of para-hydroxylation sites is 1. The lowest BCUT2D eigenvalue weighted by molar-refractivity contribution is -0.141. The molecule has 9 nitrogen and oxygen atoms in total. The Morgan fingerprint density at radius 3 is 2.27 bits per heavy atom. The topological polar surface area (TPSA) is 118 Å². The first-order chi connectivity index (χ1) is 17.3. The van der Waals surface area contributed by atoms with Crippen molar-refractivity contribution in [3.05, 3.63) is 29.3 Å². The van der Waals surface area contributed by atoms with E-state index in [1.54, 1.807) is 20.8 Å². The van der Waals surface area contributed by atoms with Crippen LogP contribution < -0.4 is 10.6 Å². The molecule has 1 aromatic carbocycles. The molecule has 0 spiro atoms. The zero-order valence-corrected chi connectivity index (χ0v) is 23.5. The van der Waals surface area contributed by atoms with Crippen molar-refractivity contribution in [2.24, 2.45) is 11.8 Å². The SMILES string of the molecule is CC(C)C(NC(=O)[C@@H]1CCCN1C(=O)[C@@H](NC(=O)OC(C)(C)C)C(C)C)C(=O)c1nc2ccccc2s1. The number of ketones is 1. The van der Waals surface area contributed by atoms with Crippen molar-refractivity contribution in [2.75, 3.05) is 6.54 Å². The van der Waals surface area contributed by atoms with Crippen molar-refractivity contribution in [3.8, 4) is 0 Å². The highest BCUT2D eigenvalue weighted by molar-refractivity contribution is 7.20. The Labute approximate surface area is 222 Å². The average molecular weight is 531 g/mol. The Kier molecular flexibility index (Phi) is 8.94. The summed E-state index contributed by atoms with van der Waals surface area (Å²) in [6, 6.07) is 5.18. The van der Waals surface area contributed by atoms with Gasteiger partial charge in [0.05, 0.1) is 16.3 Å². The molecule has 1 saturated heterocycles. The van der Waals surface area contributed by atoms with Crippen LogP contribution in [0.15, 0.2) is 24.3 Å². The third-order valence-corrected chi connectivity index (χ3v) is 7.25. The number of thiazole rings is 1. The van der Waals surface area contributed by atoms with Crippen LogP contribution in [-0.4, -0.2) is 63.8 Å². The minimum Gasteiger partial charge on any atom is -0.444 e. The molecule has 1 aliphatic rings. The van der Waals surface area contributed by atoms with Crippen molar-refractivity contribution >= 4 is 45.2 Å². The van der Waals surface area contributed by atoms with Gasteiger partial charge in [-0.3, -0.25) is 14.4 Å². The predicted molar refractivity (Wildman–Crippen MR) is 143 cm³/mol. The highest BCUT2D eigenvalue weighted by atomic mass is 32.1. The van der Waals surface area contributed by atoms with Gasteiger partial charge in [0.15, 0.2) is 5.01 Å². The molecule has 3 amide bonds. The predicted octanol–water partition coefficient (Wildman–Crippen LogP) is 4.16. The van der Waals surface area contributed by atoms with E-state index in [0.29, 0.717) is 24.4 Å². The fraction of sp³-hybridized carbons (Fsp3) is 0.593. The zero-order chi connectivity index (χ0) is 27.5. The van der Waals surface area contributed by atoms with Crippen LogP contribution in [0.3, 0.4) is 0 Å². The molecular formula is C27H38N4O5S. The molecule has 1 fully saturated rings. The molecule has 0 aliphatic carbocycles. The molecule has 1 aliphatic heterocycles. The molecule has 0 bridgehead atoms. The van der Waals surface area contributed by atoms with Crippen LogP contribution in [0.2, 0.25) is 0 Å². The number of fused-ring (bicyclic) bond motifs is 1. The summed E-state index contributed by atoms with van der Waals surface area (Å²) in [6.07, 6.45) is 0.454. The van der Waals surface area contributed by atoms with Gasteiger partial charge in [0.25, 0.3) is 0 Å². The van der Waals surface area contributed by atoms with Gasteiger partial charge in [-0.2, -0.15) is 0 Å². The molecule has 37 heavy (non-hydrogen) atoms. The largest absolute Gasteiger partial charge is 0.444 e. The van der Waals surface area contributed by atoms with Crippen LogP contribution in [-0.2, 0) is 14.3 Å². The number of nitrogens with zero attached hydrogens (tertiary/aromatic N) is 2. The van der Waals surface area contributed by atoms with E-state index in [1.807, 2.05) is 52.0 Å². The average Bonchev–Trinajstić information content (AvgIpc) is 3.45. The smallest absolute Gasteiger partial charge is 0.408 e. The van der Waals surface area contributed by atoms with Crippen LogP contribution in [0, 0.1) is 11.8 Å². The second kappa shape index (κ2) is 11.6. The molecule has 202 valence electrons. The Hall–Kier alpha value is -3.01. The summed E-state index contributed by atoms with van der Waals surface area (Å²) in [6.45, 7) is 13.0. The fourth-order valence-corrected chi connectivity index (χ4v) is 5.27. The van der Waals surface area contributed by atoms with E-state index in [1.165, 1.54) is 16.2 Å². The molecule has 3 atom stereocenters. The fourth-order valence-electron chi connectivity index (χ4n) is 4.32. The van der Waals surface area contributed by atoms with Crippen molar-refractivity contribution < 1.29 is 23.9 Å². The number of hydrogen-bond acceptors (Lipinski definition) is 7. The van der Waals surface area contributed by atoms with Gasteiger partial charge >= 0.3 is 6.09 Å². The standard InChI is InChI=1S/C27H38N4O5S/c1-15(2)20(22(32)24-28-17-11-8-9-13-19(17)37-24)29-23(33)18-12-10-14-31(18)25(34)21(16(3)4)30-26(35)36-27(5,6)7/h8-9,11,13,15-16,18,20-21H,10,12,14H2,1-7H3,(H,29,33)(H,30,35)/t18-,20?,21-/m0/s1. The lowest BCUT2D eigenvalue weighted by Crippen LogP contribution is -2.57. The van der Waals surface area contributed by atoms with E-state index in [4.69, 9.17) is 4.74 Å². The number of carbonyl (C=O) groups excluding carboxylic acids is 4. The summed E-state index contributed by atoms with van der Waals surface area (Å²) in [5.41, 5.74) is 0.0429. The number of alkyl carbamates (subject to hydrolysis) is 1. The van der Waals surface area contributed by atoms with Crippen molar-refractivity contribution in [3.63, 3.8) is 0 Å². The lowest BCUT2D eigenvalue weighted by atomic mass is 9.99. The Balaban J connectivity index is 1.74. The quantitative estimate of drug-likeness (QED) is 0.495. The van der Waals surface area contributed by atoms with E-state index in [0.717, 1.165) is 10.2 Å². The number of hydrogen-bond donors (Lipinski definition) is 2. The van der Waals surface area contributed by atoms with E-state index < -0.39 is 29.8 Å². The molecule has 1 unspecified atom stereocenters. The minimum absolute atomic E-state index is 0.175.